The molecule has 1 aromatic carbocycles. The van der Waals surface area contributed by atoms with Crippen LogP contribution in [0.1, 0.15) is 13.3 Å². The second-order valence-electron chi connectivity index (χ2n) is 5.17. The molecule has 0 aliphatic heterocycles. The largest absolute Gasteiger partial charge is 0.489 e. The molecule has 0 spiro atoms. The number of ether oxygens (including phenoxy) is 1. The highest BCUT2D eigenvalue weighted by Crippen LogP contribution is 2.12. The summed E-state index contributed by atoms with van der Waals surface area (Å²) < 4.78 is 5.64. The Kier molecular flexibility index (Phi) is 4.36. The zero-order chi connectivity index (χ0) is 12.2. The Morgan fingerprint density at radius 2 is 1.75 bits per heavy atom. The van der Waals surface area contributed by atoms with Crippen LogP contribution in [0, 0.1) is 0 Å². The number of hydrogen-bond donors (Lipinski definition) is 0. The van der Waals surface area contributed by atoms with Crippen molar-refractivity contribution in [3.63, 3.8) is 0 Å². The van der Waals surface area contributed by atoms with Crippen LogP contribution in [0.15, 0.2) is 36.4 Å². The summed E-state index contributed by atoms with van der Waals surface area (Å²) in [5, 5.41) is 1.47. The van der Waals surface area contributed by atoms with Gasteiger partial charge < -0.3 is 4.74 Å². The van der Waals surface area contributed by atoms with Crippen LogP contribution in [-0.2, 0) is 0 Å². The first-order valence-corrected chi connectivity index (χ1v) is 9.33. The molecular weight excluding hydrogens is 212 g/mol. The highest BCUT2D eigenvalue weighted by molar-refractivity contribution is 6.88. The minimum absolute atomic E-state index is 0.628. The van der Waals surface area contributed by atoms with Crippen molar-refractivity contribution in [2.75, 3.05) is 6.61 Å². The van der Waals surface area contributed by atoms with Crippen LogP contribution >= 0.6 is 0 Å². The molecule has 0 saturated carbocycles. The lowest BCUT2D eigenvalue weighted by molar-refractivity contribution is 0.349. The lowest BCUT2D eigenvalue weighted by Gasteiger charge is -2.17. The first-order chi connectivity index (χ1) is 7.43. The molecule has 16 heavy (non-hydrogen) atoms. The second kappa shape index (κ2) is 5.35. The van der Waals surface area contributed by atoms with E-state index in [1.54, 1.807) is 0 Å². The predicted molar refractivity (Wildman–Crippen MR) is 74.3 cm³/mol. The van der Waals surface area contributed by atoms with Crippen molar-refractivity contribution in [1.82, 2.24) is 0 Å². The molecule has 0 aromatic heterocycles. The quantitative estimate of drug-likeness (QED) is 0.559. The SMILES string of the molecule is C=C(CC)COc1ccc([Si](C)(C)C)cc1. The number of benzene rings is 1. The monoisotopic (exact) mass is 234 g/mol. The molecule has 0 bridgehead atoms. The van der Waals surface area contributed by atoms with E-state index >= 15 is 0 Å². The first-order valence-electron chi connectivity index (χ1n) is 5.83. The molecule has 0 fully saturated rings. The maximum absolute atomic E-state index is 5.64. The van der Waals surface area contributed by atoms with E-state index < -0.39 is 8.07 Å². The molecule has 1 nitrogen and oxygen atoms in total. The van der Waals surface area contributed by atoms with Crippen molar-refractivity contribution in [1.29, 1.82) is 0 Å². The van der Waals surface area contributed by atoms with Gasteiger partial charge >= 0.3 is 0 Å². The Labute approximate surface area is 100 Å². The van der Waals surface area contributed by atoms with Crippen LogP contribution in [0.4, 0.5) is 0 Å². The third-order valence-electron chi connectivity index (χ3n) is 2.66. The van der Waals surface area contributed by atoms with Gasteiger partial charge in [-0.3, -0.25) is 0 Å². The van der Waals surface area contributed by atoms with E-state index in [-0.39, 0.29) is 0 Å². The Balaban J connectivity index is 2.62. The molecule has 0 unspecified atom stereocenters. The topological polar surface area (TPSA) is 9.23 Å². The average Bonchev–Trinajstić information content (AvgIpc) is 2.25. The molecule has 0 N–H and O–H groups in total. The van der Waals surface area contributed by atoms with E-state index in [0.29, 0.717) is 6.61 Å². The molecule has 0 aliphatic rings. The zero-order valence-electron chi connectivity index (χ0n) is 10.8. The summed E-state index contributed by atoms with van der Waals surface area (Å²) in [5.74, 6) is 0.941. The maximum atomic E-state index is 5.64. The Bertz CT molecular complexity index is 346. The summed E-state index contributed by atoms with van der Waals surface area (Å²) in [6, 6.07) is 8.51. The van der Waals surface area contributed by atoms with Gasteiger partial charge in [0.2, 0.25) is 0 Å². The van der Waals surface area contributed by atoms with Gasteiger partial charge in [0.05, 0.1) is 8.07 Å². The van der Waals surface area contributed by atoms with Gasteiger partial charge in [0, 0.05) is 0 Å². The van der Waals surface area contributed by atoms with Crippen LogP contribution in [0.25, 0.3) is 0 Å². The van der Waals surface area contributed by atoms with Gasteiger partial charge in [0.25, 0.3) is 0 Å². The smallest absolute Gasteiger partial charge is 0.119 e. The van der Waals surface area contributed by atoms with Crippen LogP contribution in [-0.4, -0.2) is 14.7 Å². The summed E-state index contributed by atoms with van der Waals surface area (Å²) in [6.07, 6.45) is 0.979. The molecule has 0 radical (unpaired) electrons. The Hall–Kier alpha value is -1.02. The third-order valence-corrected chi connectivity index (χ3v) is 4.73. The third kappa shape index (κ3) is 3.85. The van der Waals surface area contributed by atoms with Crippen LogP contribution in [0.5, 0.6) is 5.75 Å². The fraction of sp³-hybridized carbons (Fsp3) is 0.429. The first kappa shape index (κ1) is 13.0. The van der Waals surface area contributed by atoms with E-state index in [0.717, 1.165) is 17.7 Å². The standard InChI is InChI=1S/C14H22OSi/c1-6-12(2)11-15-13-7-9-14(10-8-13)16(3,4)5/h7-10H,2,6,11H2,1,3-5H3. The molecule has 1 rings (SSSR count). The van der Waals surface area contributed by atoms with E-state index in [1.807, 2.05) is 0 Å². The second-order valence-corrected chi connectivity index (χ2v) is 10.2. The Morgan fingerprint density at radius 1 is 1.19 bits per heavy atom. The van der Waals surface area contributed by atoms with E-state index in [1.165, 1.54) is 5.19 Å². The molecular formula is C14H22OSi. The minimum atomic E-state index is -1.18. The fourth-order valence-corrected chi connectivity index (χ4v) is 2.51. The van der Waals surface area contributed by atoms with Gasteiger partial charge in [-0.1, -0.05) is 50.5 Å². The van der Waals surface area contributed by atoms with Crippen LogP contribution in [0.2, 0.25) is 19.6 Å². The lowest BCUT2D eigenvalue weighted by Crippen LogP contribution is -2.37. The van der Waals surface area contributed by atoms with Crippen molar-refractivity contribution in [3.05, 3.63) is 36.4 Å². The molecule has 0 saturated heterocycles. The molecule has 0 amide bonds. The normalized spacial score (nSPS) is 11.2. The summed E-state index contributed by atoms with van der Waals surface area (Å²) in [6.45, 7) is 13.7. The van der Waals surface area contributed by atoms with Crippen LogP contribution in [0.3, 0.4) is 0 Å². The molecule has 0 aliphatic carbocycles. The van der Waals surface area contributed by atoms with Gasteiger partial charge in [-0.15, -0.1) is 0 Å². The molecule has 1 aromatic rings. The van der Waals surface area contributed by atoms with Gasteiger partial charge in [-0.2, -0.15) is 0 Å². The molecule has 0 atom stereocenters. The van der Waals surface area contributed by atoms with Crippen molar-refractivity contribution < 1.29 is 4.74 Å². The molecule has 0 heterocycles. The average molecular weight is 234 g/mol. The summed E-state index contributed by atoms with van der Waals surface area (Å²) in [5.41, 5.74) is 1.13. The summed E-state index contributed by atoms with van der Waals surface area (Å²) in [4.78, 5) is 0. The molecule has 2 heteroatoms. The fourth-order valence-electron chi connectivity index (χ4n) is 1.34. The van der Waals surface area contributed by atoms with Crippen molar-refractivity contribution in [2.24, 2.45) is 0 Å². The van der Waals surface area contributed by atoms with Crippen molar-refractivity contribution in [3.8, 4) is 5.75 Å². The van der Waals surface area contributed by atoms with Gasteiger partial charge in [-0.25, -0.2) is 0 Å². The van der Waals surface area contributed by atoms with Gasteiger partial charge in [0.15, 0.2) is 0 Å². The number of hydrogen-bond acceptors (Lipinski definition) is 1. The highest BCUT2D eigenvalue weighted by atomic mass is 28.3. The highest BCUT2D eigenvalue weighted by Gasteiger charge is 2.15. The predicted octanol–water partition coefficient (Wildman–Crippen LogP) is 3.58. The summed E-state index contributed by atoms with van der Waals surface area (Å²) >= 11 is 0. The lowest BCUT2D eigenvalue weighted by atomic mass is 10.2. The van der Waals surface area contributed by atoms with Gasteiger partial charge in [-0.05, 0) is 24.1 Å². The van der Waals surface area contributed by atoms with E-state index in [9.17, 15) is 0 Å². The van der Waals surface area contributed by atoms with Crippen LogP contribution < -0.4 is 9.92 Å². The maximum Gasteiger partial charge on any atom is 0.119 e. The number of rotatable bonds is 5. The summed E-state index contributed by atoms with van der Waals surface area (Å²) in [7, 11) is -1.18. The Morgan fingerprint density at radius 3 is 2.19 bits per heavy atom. The zero-order valence-corrected chi connectivity index (χ0v) is 11.8. The van der Waals surface area contributed by atoms with E-state index in [2.05, 4.69) is 57.4 Å². The van der Waals surface area contributed by atoms with Crippen molar-refractivity contribution >= 4 is 13.3 Å². The van der Waals surface area contributed by atoms with Gasteiger partial charge in [0.1, 0.15) is 12.4 Å². The minimum Gasteiger partial charge on any atom is -0.489 e. The van der Waals surface area contributed by atoms with E-state index in [4.69, 9.17) is 4.74 Å². The van der Waals surface area contributed by atoms with Crippen molar-refractivity contribution in [2.45, 2.75) is 33.0 Å². The molecule has 88 valence electrons.